The molecule has 0 aliphatic carbocycles. The number of anilines is 2. The summed E-state index contributed by atoms with van der Waals surface area (Å²) in [4.78, 5) is 28.9. The second kappa shape index (κ2) is 9.02. The zero-order valence-corrected chi connectivity index (χ0v) is 18.4. The van der Waals surface area contributed by atoms with Gasteiger partial charge in [-0.1, -0.05) is 0 Å². The first-order chi connectivity index (χ1) is 11.4. The van der Waals surface area contributed by atoms with Crippen molar-refractivity contribution in [3.8, 4) is 0 Å². The smallest absolute Gasteiger partial charge is 0.349 e. The number of aromatic nitrogens is 4. The number of carbonyl (C=O) groups excluding carboxylic acids is 1. The Morgan fingerprint density at radius 2 is 1.50 bits per heavy atom. The summed E-state index contributed by atoms with van der Waals surface area (Å²) in [5.41, 5.74) is 0. The van der Waals surface area contributed by atoms with E-state index in [1.807, 2.05) is 0 Å². The van der Waals surface area contributed by atoms with Gasteiger partial charge in [-0.05, 0) is 70.6 Å². The van der Waals surface area contributed by atoms with Gasteiger partial charge >= 0.3 is 5.97 Å². The average Bonchev–Trinajstić information content (AvgIpc) is 2.51. The maximum atomic E-state index is 12.2. The number of hydrogen-bond donors (Lipinski definition) is 2. The van der Waals surface area contributed by atoms with Gasteiger partial charge in [0.05, 0.1) is 19.0 Å². The van der Waals surface area contributed by atoms with Crippen molar-refractivity contribution in [2.45, 2.75) is 13.1 Å². The zero-order valence-electron chi connectivity index (χ0n) is 12.1. The molecule has 0 aromatic carbocycles. The monoisotopic (exact) mass is 586 g/mol. The summed E-state index contributed by atoms with van der Waals surface area (Å²) in [6.45, 7) is 1.96. The summed E-state index contributed by atoms with van der Waals surface area (Å²) in [7, 11) is 0. The predicted octanol–water partition coefficient (Wildman–Crippen LogP) is 3.73. The van der Waals surface area contributed by atoms with Gasteiger partial charge in [0.2, 0.25) is 0 Å². The number of ether oxygens (including phenoxy) is 1. The van der Waals surface area contributed by atoms with Crippen LogP contribution in [0.2, 0.25) is 0 Å². The second-order valence-electron chi connectivity index (χ2n) is 4.14. The summed E-state index contributed by atoms with van der Waals surface area (Å²) in [6, 6.07) is 0. The Labute approximate surface area is 171 Å². The summed E-state index contributed by atoms with van der Waals surface area (Å²) in [5, 5.41) is 5.84. The molecule has 0 spiro atoms. The minimum absolute atomic E-state index is 0.235. The van der Waals surface area contributed by atoms with Gasteiger partial charge < -0.3 is 15.4 Å². The van der Waals surface area contributed by atoms with Crippen molar-refractivity contribution < 1.29 is 9.53 Å². The van der Waals surface area contributed by atoms with Gasteiger partial charge in [0.15, 0.2) is 17.8 Å². The number of rotatable bonds is 6. The lowest BCUT2D eigenvalue weighted by molar-refractivity contribution is -0.143. The van der Waals surface area contributed by atoms with Crippen molar-refractivity contribution in [2.75, 3.05) is 17.2 Å². The summed E-state index contributed by atoms with van der Waals surface area (Å²) in [6.07, 6.45) is 2.07. The van der Waals surface area contributed by atoms with Gasteiger partial charge in [0.1, 0.15) is 18.4 Å². The molecule has 2 aromatic rings. The number of carbonyl (C=O) groups is 1. The van der Waals surface area contributed by atoms with Crippen molar-refractivity contribution >= 4 is 81.3 Å². The molecule has 24 heavy (non-hydrogen) atoms. The number of halogens is 4. The Morgan fingerprint density at radius 1 is 1.04 bits per heavy atom. The molecule has 0 amide bonds. The van der Waals surface area contributed by atoms with E-state index < -0.39 is 12.1 Å². The van der Waals surface area contributed by atoms with E-state index in [2.05, 4.69) is 94.3 Å². The van der Waals surface area contributed by atoms with Gasteiger partial charge in [0.25, 0.3) is 0 Å². The third-order valence-electron chi connectivity index (χ3n) is 2.49. The molecule has 0 aliphatic rings. The molecule has 8 nitrogen and oxygen atoms in total. The van der Waals surface area contributed by atoms with Crippen LogP contribution in [-0.4, -0.2) is 38.7 Å². The second-order valence-corrected chi connectivity index (χ2v) is 7.27. The van der Waals surface area contributed by atoms with Crippen LogP contribution in [0, 0.1) is 0 Å². The van der Waals surface area contributed by atoms with Crippen molar-refractivity contribution in [1.29, 1.82) is 0 Å². The highest BCUT2D eigenvalue weighted by atomic mass is 79.9. The van der Waals surface area contributed by atoms with Crippen LogP contribution in [-0.2, 0) is 9.53 Å². The third kappa shape index (κ3) is 5.33. The average molecular weight is 590 g/mol. The molecule has 2 heterocycles. The highest BCUT2D eigenvalue weighted by molar-refractivity contribution is 9.11. The molecule has 0 bridgehead atoms. The molecular formula is C12H10Br4N6O2. The Bertz CT molecular complexity index is 694. The topological polar surface area (TPSA) is 102 Å². The minimum Gasteiger partial charge on any atom is -0.463 e. The molecule has 0 fully saturated rings. The van der Waals surface area contributed by atoms with Gasteiger partial charge in [-0.25, -0.2) is 24.7 Å². The Morgan fingerprint density at radius 3 is 1.88 bits per heavy atom. The highest BCUT2D eigenvalue weighted by Crippen LogP contribution is 2.23. The summed E-state index contributed by atoms with van der Waals surface area (Å²) < 4.78 is 7.06. The number of nitrogens with zero attached hydrogens (tertiary/aromatic N) is 4. The maximum Gasteiger partial charge on any atom is 0.349 e. The molecule has 12 heteroatoms. The SMILES string of the molecule is CCOC(=O)C(Nc1ncc(Br)nc1Br)Nc1ncc(Br)nc1Br. The van der Waals surface area contributed by atoms with E-state index in [1.165, 1.54) is 12.4 Å². The first kappa shape index (κ1) is 19.5. The normalized spacial score (nSPS) is 10.6. The van der Waals surface area contributed by atoms with Gasteiger partial charge in [-0.15, -0.1) is 0 Å². The van der Waals surface area contributed by atoms with Gasteiger partial charge in [-0.2, -0.15) is 0 Å². The Hall–Kier alpha value is -0.850. The third-order valence-corrected chi connectivity index (χ3v) is 4.36. The molecule has 0 saturated carbocycles. The van der Waals surface area contributed by atoms with Crippen molar-refractivity contribution in [2.24, 2.45) is 0 Å². The predicted molar refractivity (Wildman–Crippen MR) is 103 cm³/mol. The fourth-order valence-corrected chi connectivity index (χ4v) is 3.39. The lowest BCUT2D eigenvalue weighted by Gasteiger charge is -2.20. The quantitative estimate of drug-likeness (QED) is 0.388. The van der Waals surface area contributed by atoms with E-state index >= 15 is 0 Å². The molecule has 2 N–H and O–H groups in total. The van der Waals surface area contributed by atoms with Crippen LogP contribution in [0.4, 0.5) is 11.6 Å². The first-order valence-electron chi connectivity index (χ1n) is 6.46. The first-order valence-corrected chi connectivity index (χ1v) is 9.63. The molecule has 2 aromatic heterocycles. The van der Waals surface area contributed by atoms with E-state index in [1.54, 1.807) is 6.92 Å². The van der Waals surface area contributed by atoms with Crippen LogP contribution in [0.15, 0.2) is 30.8 Å². The minimum atomic E-state index is -0.941. The van der Waals surface area contributed by atoms with Crippen LogP contribution in [0.5, 0.6) is 0 Å². The number of hydrogen-bond acceptors (Lipinski definition) is 8. The van der Waals surface area contributed by atoms with Crippen LogP contribution in [0.1, 0.15) is 6.92 Å². The standard InChI is InChI=1S/C12H10Br4N6O2/c1-2-24-12(23)11(21-9-7(15)19-5(13)3-17-9)22-10-8(16)20-6(14)4-18-10/h3-4,11H,2H2,1H3,(H,17,21)(H,18,22). The maximum absolute atomic E-state index is 12.2. The van der Waals surface area contributed by atoms with Crippen molar-refractivity contribution in [1.82, 2.24) is 19.9 Å². The fraction of sp³-hybridized carbons (Fsp3) is 0.250. The van der Waals surface area contributed by atoms with E-state index in [0.29, 0.717) is 30.0 Å². The zero-order chi connectivity index (χ0) is 17.7. The molecule has 0 unspecified atom stereocenters. The molecule has 0 aliphatic heterocycles. The molecule has 2 rings (SSSR count). The van der Waals surface area contributed by atoms with E-state index in [9.17, 15) is 4.79 Å². The largest absolute Gasteiger partial charge is 0.463 e. The molecule has 0 radical (unpaired) electrons. The van der Waals surface area contributed by atoms with Crippen molar-refractivity contribution in [3.05, 3.63) is 30.8 Å². The molecule has 128 valence electrons. The molecular weight excluding hydrogens is 580 g/mol. The number of esters is 1. The Balaban J connectivity index is 2.25. The lowest BCUT2D eigenvalue weighted by Crippen LogP contribution is -2.39. The molecule has 0 saturated heterocycles. The van der Waals surface area contributed by atoms with Crippen LogP contribution < -0.4 is 10.6 Å². The van der Waals surface area contributed by atoms with Crippen LogP contribution in [0.25, 0.3) is 0 Å². The lowest BCUT2D eigenvalue weighted by atomic mass is 10.4. The highest BCUT2D eigenvalue weighted by Gasteiger charge is 2.23. The van der Waals surface area contributed by atoms with E-state index in [-0.39, 0.29) is 6.61 Å². The Kier molecular flexibility index (Phi) is 7.32. The van der Waals surface area contributed by atoms with Crippen LogP contribution >= 0.6 is 63.7 Å². The van der Waals surface area contributed by atoms with Gasteiger partial charge in [0, 0.05) is 0 Å². The fourth-order valence-electron chi connectivity index (χ4n) is 1.54. The van der Waals surface area contributed by atoms with E-state index in [4.69, 9.17) is 4.74 Å². The van der Waals surface area contributed by atoms with Crippen molar-refractivity contribution in [3.63, 3.8) is 0 Å². The van der Waals surface area contributed by atoms with E-state index in [0.717, 1.165) is 0 Å². The summed E-state index contributed by atoms with van der Waals surface area (Å²) in [5.74, 6) is 0.209. The van der Waals surface area contributed by atoms with Crippen LogP contribution in [0.3, 0.4) is 0 Å². The molecule has 0 atom stereocenters. The number of nitrogens with one attached hydrogen (secondary N) is 2. The van der Waals surface area contributed by atoms with Gasteiger partial charge in [-0.3, -0.25) is 0 Å². The summed E-state index contributed by atoms with van der Waals surface area (Å²) >= 11 is 13.0.